The Hall–Kier alpha value is -1.68. The minimum absolute atomic E-state index is 0.413. The highest BCUT2D eigenvalue weighted by atomic mass is 35.5. The van der Waals surface area contributed by atoms with Crippen molar-refractivity contribution < 1.29 is 14.3 Å². The number of rotatable bonds is 4. The number of hydrogen-bond donors (Lipinski definition) is 0. The van der Waals surface area contributed by atoms with Gasteiger partial charge in [-0.3, -0.25) is 0 Å². The summed E-state index contributed by atoms with van der Waals surface area (Å²) in [7, 11) is 6.52. The number of methoxy groups -OCH3 is 2. The van der Waals surface area contributed by atoms with E-state index < -0.39 is 5.97 Å². The van der Waals surface area contributed by atoms with Gasteiger partial charge in [0.1, 0.15) is 5.75 Å². The van der Waals surface area contributed by atoms with E-state index >= 15 is 0 Å². The van der Waals surface area contributed by atoms with Crippen LogP contribution in [0.5, 0.6) is 5.75 Å². The van der Waals surface area contributed by atoms with E-state index in [0.29, 0.717) is 21.9 Å². The van der Waals surface area contributed by atoms with Gasteiger partial charge in [0.2, 0.25) is 0 Å². The lowest BCUT2D eigenvalue weighted by molar-refractivity contribution is -0.133. The molecule has 4 nitrogen and oxygen atoms in total. The highest BCUT2D eigenvalue weighted by Crippen LogP contribution is 2.29. The van der Waals surface area contributed by atoms with Crippen molar-refractivity contribution in [1.82, 2.24) is 4.90 Å². The summed E-state index contributed by atoms with van der Waals surface area (Å²) in [6, 6.07) is 5.09. The molecule has 0 aliphatic rings. The topological polar surface area (TPSA) is 38.8 Å². The van der Waals surface area contributed by atoms with Gasteiger partial charge in [0.25, 0.3) is 0 Å². The van der Waals surface area contributed by atoms with E-state index in [-0.39, 0.29) is 0 Å². The Bertz CT molecular complexity index is 469. The van der Waals surface area contributed by atoms with E-state index in [9.17, 15) is 4.79 Å². The van der Waals surface area contributed by atoms with Crippen molar-refractivity contribution in [3.63, 3.8) is 0 Å². The zero-order valence-electron chi connectivity index (χ0n) is 10.9. The van der Waals surface area contributed by atoms with Crippen molar-refractivity contribution in [3.05, 3.63) is 35.0 Å². The number of benzene rings is 1. The van der Waals surface area contributed by atoms with E-state index in [0.717, 1.165) is 0 Å². The van der Waals surface area contributed by atoms with Crippen LogP contribution in [0.4, 0.5) is 0 Å². The van der Waals surface area contributed by atoms with Gasteiger partial charge < -0.3 is 14.4 Å². The van der Waals surface area contributed by atoms with Crippen molar-refractivity contribution in [2.75, 3.05) is 28.3 Å². The molecule has 0 heterocycles. The molecule has 0 atom stereocenters. The summed E-state index contributed by atoms with van der Waals surface area (Å²) in [5.74, 6) is 0.102. The van der Waals surface area contributed by atoms with E-state index in [2.05, 4.69) is 0 Å². The fourth-order valence-electron chi connectivity index (χ4n) is 1.49. The lowest BCUT2D eigenvalue weighted by atomic mass is 10.1. The Labute approximate surface area is 112 Å². The second-order valence-electron chi connectivity index (χ2n) is 3.84. The third kappa shape index (κ3) is 3.40. The Morgan fingerprint density at radius 2 is 2.00 bits per heavy atom. The van der Waals surface area contributed by atoms with Crippen LogP contribution in [0.25, 0.3) is 5.57 Å². The number of esters is 1. The molecule has 0 saturated carbocycles. The van der Waals surface area contributed by atoms with E-state index in [4.69, 9.17) is 21.1 Å². The van der Waals surface area contributed by atoms with Gasteiger partial charge in [-0.2, -0.15) is 0 Å². The van der Waals surface area contributed by atoms with Crippen LogP contribution in [-0.4, -0.2) is 39.2 Å². The molecule has 0 bridgehead atoms. The molecule has 98 valence electrons. The highest BCUT2D eigenvalue weighted by Gasteiger charge is 2.17. The van der Waals surface area contributed by atoms with Crippen LogP contribution in [-0.2, 0) is 9.53 Å². The van der Waals surface area contributed by atoms with Gasteiger partial charge in [-0.1, -0.05) is 11.6 Å². The van der Waals surface area contributed by atoms with Gasteiger partial charge in [0, 0.05) is 30.9 Å². The average Bonchev–Trinajstić information content (AvgIpc) is 2.35. The SMILES string of the molecule is COC(=O)/C(=C\N(C)C)c1ccc(Cl)cc1OC. The molecule has 18 heavy (non-hydrogen) atoms. The first-order valence-electron chi connectivity index (χ1n) is 5.30. The molecule has 1 rings (SSSR count). The first-order valence-corrected chi connectivity index (χ1v) is 5.68. The maximum Gasteiger partial charge on any atom is 0.340 e. The van der Waals surface area contributed by atoms with Crippen LogP contribution in [0.1, 0.15) is 5.56 Å². The summed E-state index contributed by atoms with van der Waals surface area (Å²) in [6.07, 6.45) is 1.68. The fraction of sp³-hybridized carbons (Fsp3) is 0.308. The average molecular weight is 270 g/mol. The zero-order valence-corrected chi connectivity index (χ0v) is 11.6. The molecule has 0 N–H and O–H groups in total. The maximum absolute atomic E-state index is 11.8. The molecular formula is C13H16ClNO3. The van der Waals surface area contributed by atoms with Crippen molar-refractivity contribution in [3.8, 4) is 5.75 Å². The van der Waals surface area contributed by atoms with E-state index in [1.807, 2.05) is 14.1 Å². The minimum Gasteiger partial charge on any atom is -0.496 e. The molecule has 0 aliphatic heterocycles. The summed E-state index contributed by atoms with van der Waals surface area (Å²) >= 11 is 5.89. The van der Waals surface area contributed by atoms with Gasteiger partial charge >= 0.3 is 5.97 Å². The van der Waals surface area contributed by atoms with Gasteiger partial charge in [0.15, 0.2) is 0 Å². The Morgan fingerprint density at radius 1 is 1.33 bits per heavy atom. The highest BCUT2D eigenvalue weighted by molar-refractivity contribution is 6.31. The Kier molecular flexibility index (Phi) is 5.04. The number of nitrogens with zero attached hydrogens (tertiary/aromatic N) is 1. The van der Waals surface area contributed by atoms with Gasteiger partial charge in [-0.05, 0) is 18.2 Å². The third-order valence-corrected chi connectivity index (χ3v) is 2.48. The molecule has 5 heteroatoms. The summed E-state index contributed by atoms with van der Waals surface area (Å²) in [4.78, 5) is 13.6. The molecule has 1 aromatic rings. The van der Waals surface area contributed by atoms with Gasteiger partial charge in [-0.15, -0.1) is 0 Å². The number of carbonyl (C=O) groups is 1. The lowest BCUT2D eigenvalue weighted by Gasteiger charge is -2.13. The van der Waals surface area contributed by atoms with Crippen LogP contribution >= 0.6 is 11.6 Å². The third-order valence-electron chi connectivity index (χ3n) is 2.25. The normalized spacial score (nSPS) is 11.1. The van der Waals surface area contributed by atoms with Crippen molar-refractivity contribution in [2.45, 2.75) is 0 Å². The molecule has 0 saturated heterocycles. The van der Waals surface area contributed by atoms with Crippen LogP contribution in [0.3, 0.4) is 0 Å². The van der Waals surface area contributed by atoms with Crippen molar-refractivity contribution in [2.24, 2.45) is 0 Å². The molecule has 0 amide bonds. The second-order valence-corrected chi connectivity index (χ2v) is 4.28. The lowest BCUT2D eigenvalue weighted by Crippen LogP contribution is -2.10. The molecule has 0 unspecified atom stereocenters. The van der Waals surface area contributed by atoms with E-state index in [1.165, 1.54) is 14.2 Å². The monoisotopic (exact) mass is 269 g/mol. The molecule has 0 spiro atoms. The smallest absolute Gasteiger partial charge is 0.340 e. The predicted octanol–water partition coefficient (Wildman–Crippen LogP) is 2.42. The van der Waals surface area contributed by atoms with Crippen LogP contribution in [0.15, 0.2) is 24.4 Å². The number of ether oxygens (including phenoxy) is 2. The number of carbonyl (C=O) groups excluding carboxylic acids is 1. The van der Waals surface area contributed by atoms with Gasteiger partial charge in [-0.25, -0.2) is 4.79 Å². The Balaban J connectivity index is 3.34. The van der Waals surface area contributed by atoms with Crippen LogP contribution < -0.4 is 4.74 Å². The number of halogens is 1. The van der Waals surface area contributed by atoms with Crippen molar-refractivity contribution >= 4 is 23.1 Å². The predicted molar refractivity (Wildman–Crippen MR) is 71.7 cm³/mol. The van der Waals surface area contributed by atoms with Crippen LogP contribution in [0, 0.1) is 0 Å². The molecule has 0 radical (unpaired) electrons. The maximum atomic E-state index is 11.8. The summed E-state index contributed by atoms with van der Waals surface area (Å²) in [5.41, 5.74) is 1.05. The molecule has 0 aliphatic carbocycles. The quantitative estimate of drug-likeness (QED) is 0.622. The van der Waals surface area contributed by atoms with Crippen molar-refractivity contribution in [1.29, 1.82) is 0 Å². The summed E-state index contributed by atoms with van der Waals surface area (Å²) in [6.45, 7) is 0. The molecule has 1 aromatic carbocycles. The Morgan fingerprint density at radius 3 is 2.50 bits per heavy atom. The van der Waals surface area contributed by atoms with E-state index in [1.54, 1.807) is 29.3 Å². The zero-order chi connectivity index (χ0) is 13.7. The molecular weight excluding hydrogens is 254 g/mol. The minimum atomic E-state index is -0.427. The second kappa shape index (κ2) is 6.31. The summed E-state index contributed by atoms with van der Waals surface area (Å²) < 4.78 is 10.0. The van der Waals surface area contributed by atoms with Crippen LogP contribution in [0.2, 0.25) is 5.02 Å². The fourth-order valence-corrected chi connectivity index (χ4v) is 1.65. The molecule has 0 aromatic heterocycles. The molecule has 0 fully saturated rings. The van der Waals surface area contributed by atoms with Gasteiger partial charge in [0.05, 0.1) is 19.8 Å². The first-order chi connectivity index (χ1) is 8.49. The largest absolute Gasteiger partial charge is 0.496 e. The first kappa shape index (κ1) is 14.4. The summed E-state index contributed by atoms with van der Waals surface area (Å²) in [5, 5.41) is 0.546. The standard InChI is InChI=1S/C13H16ClNO3/c1-15(2)8-11(13(16)18-4)10-6-5-9(14)7-12(10)17-3/h5-8H,1-4H3/b11-8-. The number of hydrogen-bond acceptors (Lipinski definition) is 4.